The molecule has 0 fully saturated rings. The highest BCUT2D eigenvalue weighted by Gasteiger charge is 2.17. The summed E-state index contributed by atoms with van der Waals surface area (Å²) >= 11 is 0. The molecule has 5 nitrogen and oxygen atoms in total. The fraction of sp³-hybridized carbons (Fsp3) is 0. The Labute approximate surface area is 112 Å². The highest BCUT2D eigenvalue weighted by Crippen LogP contribution is 2.30. The Hall–Kier alpha value is -2.95. The van der Waals surface area contributed by atoms with E-state index in [1.165, 1.54) is 12.5 Å². The highest BCUT2D eigenvalue weighted by molar-refractivity contribution is 5.85. The molecule has 4 rings (SSSR count). The van der Waals surface area contributed by atoms with Crippen LogP contribution in [0.1, 0.15) is 0 Å². The van der Waals surface area contributed by atoms with Gasteiger partial charge in [0.2, 0.25) is 11.3 Å². The van der Waals surface area contributed by atoms with Crippen LogP contribution in [0.15, 0.2) is 62.7 Å². The molecule has 0 spiro atoms. The maximum atomic E-state index is 12.6. The number of hydrogen-bond donors (Lipinski definition) is 0. The van der Waals surface area contributed by atoms with E-state index in [0.29, 0.717) is 33.6 Å². The van der Waals surface area contributed by atoms with Crippen molar-refractivity contribution in [2.75, 3.05) is 0 Å². The molecule has 2 aliphatic rings. The molecule has 20 heavy (non-hydrogen) atoms. The van der Waals surface area contributed by atoms with Crippen molar-refractivity contribution in [1.29, 1.82) is 0 Å². The van der Waals surface area contributed by atoms with Crippen molar-refractivity contribution in [2.45, 2.75) is 0 Å². The summed E-state index contributed by atoms with van der Waals surface area (Å²) in [5, 5.41) is 8.20. The molecule has 0 bridgehead atoms. The molecule has 1 aromatic carbocycles. The molecular formula is C15H8N2O3. The van der Waals surface area contributed by atoms with Crippen LogP contribution in [-0.4, -0.2) is 10.2 Å². The summed E-state index contributed by atoms with van der Waals surface area (Å²) < 4.78 is 10.8. The molecule has 5 heteroatoms. The van der Waals surface area contributed by atoms with E-state index < -0.39 is 0 Å². The normalized spacial score (nSPS) is 11.2. The van der Waals surface area contributed by atoms with E-state index in [0.717, 1.165) is 0 Å². The zero-order valence-electron chi connectivity index (χ0n) is 10.2. The van der Waals surface area contributed by atoms with Crippen molar-refractivity contribution in [2.24, 2.45) is 0 Å². The Balaban J connectivity index is 2.06. The highest BCUT2D eigenvalue weighted by atomic mass is 16.3. The zero-order chi connectivity index (χ0) is 13.5. The van der Waals surface area contributed by atoms with E-state index in [2.05, 4.69) is 10.2 Å². The van der Waals surface area contributed by atoms with Crippen molar-refractivity contribution in [1.82, 2.24) is 10.2 Å². The van der Waals surface area contributed by atoms with Crippen LogP contribution in [0.3, 0.4) is 0 Å². The zero-order valence-corrected chi connectivity index (χ0v) is 10.2. The lowest BCUT2D eigenvalue weighted by atomic mass is 10.0. The van der Waals surface area contributed by atoms with Gasteiger partial charge in [-0.15, -0.1) is 5.10 Å². The van der Waals surface area contributed by atoms with Crippen molar-refractivity contribution in [3.8, 4) is 22.6 Å². The van der Waals surface area contributed by atoms with Crippen LogP contribution >= 0.6 is 0 Å². The Morgan fingerprint density at radius 3 is 2.80 bits per heavy atom. The number of aromatic nitrogens is 2. The second-order valence-corrected chi connectivity index (χ2v) is 4.37. The van der Waals surface area contributed by atoms with Gasteiger partial charge in [0.15, 0.2) is 0 Å². The Bertz CT molecular complexity index is 939. The molecule has 0 radical (unpaired) electrons. The number of nitrogens with zero attached hydrogens (tertiary/aromatic N) is 2. The van der Waals surface area contributed by atoms with Gasteiger partial charge < -0.3 is 8.83 Å². The van der Waals surface area contributed by atoms with Crippen LogP contribution < -0.4 is 5.43 Å². The maximum absolute atomic E-state index is 12.6. The fourth-order valence-electron chi connectivity index (χ4n) is 2.27. The summed E-state index contributed by atoms with van der Waals surface area (Å²) in [6.45, 7) is 0. The van der Waals surface area contributed by atoms with Crippen LogP contribution in [0.5, 0.6) is 0 Å². The van der Waals surface area contributed by atoms with Gasteiger partial charge in [0, 0.05) is 5.56 Å². The van der Waals surface area contributed by atoms with E-state index in [1.807, 2.05) is 12.1 Å². The second kappa shape index (κ2) is 4.03. The van der Waals surface area contributed by atoms with Gasteiger partial charge in [-0.2, -0.15) is 5.10 Å². The fourth-order valence-corrected chi connectivity index (χ4v) is 2.27. The lowest BCUT2D eigenvalue weighted by Gasteiger charge is -2.05. The van der Waals surface area contributed by atoms with Crippen molar-refractivity contribution < 1.29 is 8.83 Å². The van der Waals surface area contributed by atoms with Gasteiger partial charge >= 0.3 is 0 Å². The minimum atomic E-state index is -0.0828. The van der Waals surface area contributed by atoms with Gasteiger partial charge in [-0.25, -0.2) is 0 Å². The maximum Gasteiger partial charge on any atom is 0.247 e. The number of hydrogen-bond acceptors (Lipinski definition) is 5. The van der Waals surface area contributed by atoms with Crippen molar-refractivity contribution in [3.63, 3.8) is 0 Å². The van der Waals surface area contributed by atoms with Gasteiger partial charge in [0.1, 0.15) is 11.8 Å². The third-order valence-corrected chi connectivity index (χ3v) is 3.24. The average Bonchev–Trinajstić information content (AvgIpc) is 2.97. The molecule has 0 unspecified atom stereocenters. The largest absolute Gasteiger partial charge is 0.463 e. The van der Waals surface area contributed by atoms with E-state index in [4.69, 9.17) is 8.83 Å². The molecule has 0 N–H and O–H groups in total. The monoisotopic (exact) mass is 264 g/mol. The second-order valence-electron chi connectivity index (χ2n) is 4.37. The summed E-state index contributed by atoms with van der Waals surface area (Å²) in [5.74, 6) is 0.398. The standard InChI is InChI=1S/C15H8N2O3/c18-14-10-3-1-2-4-13(10)20-8-12(14)9-5-6-19-15-11(9)7-16-17-15/h1-8H. The summed E-state index contributed by atoms with van der Waals surface area (Å²) in [7, 11) is 0. The van der Waals surface area contributed by atoms with Crippen LogP contribution in [-0.2, 0) is 0 Å². The number of benzene rings is 1. The number of fused-ring (bicyclic) bond motifs is 2. The quantitative estimate of drug-likeness (QED) is 0.528. The summed E-state index contributed by atoms with van der Waals surface area (Å²) in [6.07, 6.45) is 4.52. The van der Waals surface area contributed by atoms with E-state index in [-0.39, 0.29) is 5.43 Å². The molecule has 3 heterocycles. The van der Waals surface area contributed by atoms with Gasteiger partial charge in [-0.1, -0.05) is 12.1 Å². The molecule has 0 saturated carbocycles. The van der Waals surface area contributed by atoms with E-state index >= 15 is 0 Å². The first-order chi connectivity index (χ1) is 9.84. The molecule has 1 aromatic heterocycles. The molecule has 96 valence electrons. The molecule has 0 saturated heterocycles. The van der Waals surface area contributed by atoms with Gasteiger partial charge in [-0.05, 0) is 18.2 Å². The minimum Gasteiger partial charge on any atom is -0.463 e. The summed E-state index contributed by atoms with van der Waals surface area (Å²) in [5.41, 5.74) is 2.35. The number of para-hydroxylation sites is 1. The summed E-state index contributed by atoms with van der Waals surface area (Å²) in [4.78, 5) is 12.6. The predicted octanol–water partition coefficient (Wildman–Crippen LogP) is 2.95. The number of rotatable bonds is 1. The first kappa shape index (κ1) is 10.9. The minimum absolute atomic E-state index is 0.0828. The molecule has 2 aromatic rings. The predicted molar refractivity (Wildman–Crippen MR) is 72.4 cm³/mol. The van der Waals surface area contributed by atoms with Gasteiger partial charge in [-0.3, -0.25) is 4.79 Å². The molecule has 0 atom stereocenters. The topological polar surface area (TPSA) is 69.1 Å². The third-order valence-electron chi connectivity index (χ3n) is 3.24. The van der Waals surface area contributed by atoms with Crippen molar-refractivity contribution in [3.05, 3.63) is 59.3 Å². The van der Waals surface area contributed by atoms with Gasteiger partial charge in [0.05, 0.1) is 29.0 Å². The third kappa shape index (κ3) is 1.46. The van der Waals surface area contributed by atoms with Crippen LogP contribution in [0.4, 0.5) is 0 Å². The van der Waals surface area contributed by atoms with Crippen LogP contribution in [0, 0.1) is 0 Å². The molecule has 0 aliphatic carbocycles. The molecular weight excluding hydrogens is 256 g/mol. The Morgan fingerprint density at radius 2 is 1.85 bits per heavy atom. The van der Waals surface area contributed by atoms with E-state index in [1.54, 1.807) is 24.4 Å². The van der Waals surface area contributed by atoms with E-state index in [9.17, 15) is 4.79 Å². The average molecular weight is 264 g/mol. The lowest BCUT2D eigenvalue weighted by Crippen LogP contribution is -2.05. The molecule has 2 aliphatic heterocycles. The SMILES string of the molecule is O=c1c(-c2ccoc3nncc2-3)coc2ccccc12. The summed E-state index contributed by atoms with van der Waals surface area (Å²) in [6, 6.07) is 8.87. The van der Waals surface area contributed by atoms with Crippen molar-refractivity contribution >= 4 is 11.0 Å². The first-order valence-corrected chi connectivity index (χ1v) is 6.04. The first-order valence-electron chi connectivity index (χ1n) is 6.04. The Kier molecular flexibility index (Phi) is 2.20. The van der Waals surface area contributed by atoms with Crippen LogP contribution in [0.2, 0.25) is 0 Å². The smallest absolute Gasteiger partial charge is 0.247 e. The Morgan fingerprint density at radius 1 is 0.950 bits per heavy atom. The van der Waals surface area contributed by atoms with Crippen LogP contribution in [0.25, 0.3) is 33.6 Å². The van der Waals surface area contributed by atoms with Gasteiger partial charge in [0.25, 0.3) is 0 Å². The molecule has 0 amide bonds. The lowest BCUT2D eigenvalue weighted by molar-refractivity contribution is 0.547.